The van der Waals surface area contributed by atoms with E-state index in [4.69, 9.17) is 0 Å². The molecule has 0 nitrogen and oxygen atoms in total. The maximum Gasteiger partial charge on any atom is -0.0398 e. The Bertz CT molecular complexity index is 107. The van der Waals surface area contributed by atoms with Gasteiger partial charge in [0.15, 0.2) is 0 Å². The first kappa shape index (κ1) is 16.0. The molecule has 0 unspecified atom stereocenters. The van der Waals surface area contributed by atoms with Crippen molar-refractivity contribution in [3.05, 3.63) is 50.1 Å². The highest BCUT2D eigenvalue weighted by Gasteiger charge is 1.68. The Morgan fingerprint density at radius 2 is 1.60 bits per heavy atom. The molecular weight excluding hydrogens is 120 g/mol. The monoisotopic (exact) mass is 138 g/mol. The van der Waals surface area contributed by atoms with Crippen molar-refractivity contribution in [1.29, 1.82) is 0 Å². The topological polar surface area (TPSA) is 0 Å². The van der Waals surface area contributed by atoms with E-state index in [0.717, 1.165) is 5.57 Å². The van der Waals surface area contributed by atoms with Gasteiger partial charge in [0.2, 0.25) is 0 Å². The molecule has 0 aliphatic carbocycles. The molecule has 0 heteroatoms. The second kappa shape index (κ2) is 15.7. The lowest BCUT2D eigenvalue weighted by Gasteiger charge is -1.80. The molecule has 10 heavy (non-hydrogen) atoms. The Kier molecular flexibility index (Phi) is 25.1. The van der Waals surface area contributed by atoms with E-state index in [1.807, 2.05) is 13.0 Å². The summed E-state index contributed by atoms with van der Waals surface area (Å²) in [7, 11) is 0. The van der Waals surface area contributed by atoms with Gasteiger partial charge < -0.3 is 0 Å². The van der Waals surface area contributed by atoms with E-state index < -0.39 is 0 Å². The predicted molar refractivity (Wildman–Crippen MR) is 52.1 cm³/mol. The summed E-state index contributed by atoms with van der Waals surface area (Å²) in [5.41, 5.74) is 1.15. The zero-order valence-corrected chi connectivity index (χ0v) is 6.06. The van der Waals surface area contributed by atoms with E-state index in [1.165, 1.54) is 0 Å². The van der Waals surface area contributed by atoms with Gasteiger partial charge in [0.1, 0.15) is 0 Å². The summed E-state index contributed by atoms with van der Waals surface area (Å²) < 4.78 is 0. The highest BCUT2D eigenvalue weighted by Crippen LogP contribution is 1.90. The van der Waals surface area contributed by atoms with Crippen molar-refractivity contribution in [2.45, 2.75) is 14.4 Å². The normalized spacial score (nSPS) is 7.90. The fourth-order valence-corrected chi connectivity index (χ4v) is 0.254. The van der Waals surface area contributed by atoms with Crippen molar-refractivity contribution in [3.8, 4) is 0 Å². The van der Waals surface area contributed by atoms with E-state index >= 15 is 0 Å². The summed E-state index contributed by atoms with van der Waals surface area (Å²) in [6.07, 6.45) is 5.45. The molecule has 0 aliphatic rings. The summed E-state index contributed by atoms with van der Waals surface area (Å²) in [6, 6.07) is 0. The molecule has 0 N–H and O–H groups in total. The first-order valence-electron chi connectivity index (χ1n) is 2.73. The van der Waals surface area contributed by atoms with Gasteiger partial charge in [-0.15, -0.1) is 13.2 Å². The molecule has 0 aliphatic heterocycles. The van der Waals surface area contributed by atoms with Gasteiger partial charge in [-0.3, -0.25) is 0 Å². The van der Waals surface area contributed by atoms with Crippen LogP contribution in [0, 0.1) is 0 Å². The van der Waals surface area contributed by atoms with E-state index in [9.17, 15) is 0 Å². The van der Waals surface area contributed by atoms with Crippen molar-refractivity contribution in [3.63, 3.8) is 0 Å². The molecule has 0 fully saturated rings. The SMILES string of the molecule is C.C=C.C=C/C=C(/C)C=C. The number of hydrogen-bond donors (Lipinski definition) is 0. The van der Waals surface area contributed by atoms with Crippen molar-refractivity contribution in [2.24, 2.45) is 0 Å². The highest BCUT2D eigenvalue weighted by molar-refractivity contribution is 5.17. The second-order valence-electron chi connectivity index (χ2n) is 1.35. The van der Waals surface area contributed by atoms with E-state index in [2.05, 4.69) is 26.3 Å². The largest absolute Gasteiger partial charge is 0.106 e. The fourth-order valence-electron chi connectivity index (χ4n) is 0.254. The predicted octanol–water partition coefficient (Wildman–Crippen LogP) is 3.74. The molecule has 0 heterocycles. The standard InChI is InChI=1S/C7H10.C2H4.CH4/c1-4-6-7(3)5-2;1-2;/h4-6H,1-2H2,3H3;1-2H2;1H4/b7-6-;;. The van der Waals surface area contributed by atoms with Gasteiger partial charge in [0, 0.05) is 0 Å². The van der Waals surface area contributed by atoms with E-state index in [0.29, 0.717) is 0 Å². The number of allylic oxidation sites excluding steroid dienone is 4. The van der Waals surface area contributed by atoms with Gasteiger partial charge in [-0.05, 0) is 6.92 Å². The average molecular weight is 138 g/mol. The van der Waals surface area contributed by atoms with Crippen LogP contribution in [-0.2, 0) is 0 Å². The minimum Gasteiger partial charge on any atom is -0.106 e. The fraction of sp³-hybridized carbons (Fsp3) is 0.200. The molecule has 0 radical (unpaired) electrons. The third kappa shape index (κ3) is 15.8. The summed E-state index contributed by atoms with van der Waals surface area (Å²) in [4.78, 5) is 0. The second-order valence-corrected chi connectivity index (χ2v) is 1.35. The smallest absolute Gasteiger partial charge is 0.0398 e. The quantitative estimate of drug-likeness (QED) is 0.403. The van der Waals surface area contributed by atoms with Crippen LogP contribution in [0.5, 0.6) is 0 Å². The van der Waals surface area contributed by atoms with Crippen LogP contribution in [0.4, 0.5) is 0 Å². The van der Waals surface area contributed by atoms with Crippen molar-refractivity contribution >= 4 is 0 Å². The molecule has 0 atom stereocenters. The third-order valence-electron chi connectivity index (χ3n) is 0.703. The molecule has 0 aromatic rings. The molecule has 0 rings (SSSR count). The van der Waals surface area contributed by atoms with Crippen LogP contribution >= 0.6 is 0 Å². The summed E-state index contributed by atoms with van der Waals surface area (Å²) in [5, 5.41) is 0. The Balaban J connectivity index is -0.000000149. The van der Waals surface area contributed by atoms with E-state index in [1.54, 1.807) is 12.2 Å². The molecule has 58 valence electrons. The number of rotatable bonds is 2. The molecule has 0 saturated heterocycles. The van der Waals surface area contributed by atoms with Crippen LogP contribution in [0.2, 0.25) is 0 Å². The van der Waals surface area contributed by atoms with Crippen molar-refractivity contribution in [2.75, 3.05) is 0 Å². The van der Waals surface area contributed by atoms with Crippen LogP contribution in [0.1, 0.15) is 14.4 Å². The lowest BCUT2D eigenvalue weighted by atomic mass is 10.3. The Morgan fingerprint density at radius 3 is 1.70 bits per heavy atom. The Morgan fingerprint density at radius 1 is 1.20 bits per heavy atom. The minimum atomic E-state index is 0. The summed E-state index contributed by atoms with van der Waals surface area (Å²) >= 11 is 0. The average Bonchev–Trinajstić information content (AvgIpc) is 1.93. The van der Waals surface area contributed by atoms with Gasteiger partial charge in [-0.2, -0.15) is 0 Å². The molecular formula is C10H18. The molecule has 0 aromatic heterocycles. The van der Waals surface area contributed by atoms with Crippen LogP contribution in [-0.4, -0.2) is 0 Å². The Hall–Kier alpha value is -1.04. The maximum absolute atomic E-state index is 3.56. The van der Waals surface area contributed by atoms with Crippen LogP contribution in [0.15, 0.2) is 50.1 Å². The van der Waals surface area contributed by atoms with E-state index in [-0.39, 0.29) is 7.43 Å². The zero-order valence-electron chi connectivity index (χ0n) is 6.06. The lowest BCUT2D eigenvalue weighted by Crippen LogP contribution is -1.58. The first-order chi connectivity index (χ1) is 4.31. The maximum atomic E-state index is 3.56. The molecule has 0 amide bonds. The molecule has 0 spiro atoms. The van der Waals surface area contributed by atoms with Gasteiger partial charge in [-0.25, -0.2) is 0 Å². The highest BCUT2D eigenvalue weighted by atomic mass is 13.8. The first-order valence-corrected chi connectivity index (χ1v) is 2.73. The minimum absolute atomic E-state index is 0. The zero-order chi connectivity index (χ0) is 7.70. The van der Waals surface area contributed by atoms with Gasteiger partial charge >= 0.3 is 0 Å². The van der Waals surface area contributed by atoms with Crippen LogP contribution < -0.4 is 0 Å². The third-order valence-corrected chi connectivity index (χ3v) is 0.703. The van der Waals surface area contributed by atoms with Crippen LogP contribution in [0.3, 0.4) is 0 Å². The molecule has 0 saturated carbocycles. The van der Waals surface area contributed by atoms with Crippen LogP contribution in [0.25, 0.3) is 0 Å². The van der Waals surface area contributed by atoms with Crippen molar-refractivity contribution < 1.29 is 0 Å². The summed E-state index contributed by atoms with van der Waals surface area (Å²) in [5.74, 6) is 0. The van der Waals surface area contributed by atoms with Gasteiger partial charge in [0.05, 0.1) is 0 Å². The molecule has 0 bridgehead atoms. The van der Waals surface area contributed by atoms with Crippen molar-refractivity contribution in [1.82, 2.24) is 0 Å². The molecule has 0 aromatic carbocycles. The summed E-state index contributed by atoms with van der Waals surface area (Å²) in [6.45, 7) is 15.1. The lowest BCUT2D eigenvalue weighted by molar-refractivity contribution is 1.54. The Labute approximate surface area is 65.3 Å². The van der Waals surface area contributed by atoms with Gasteiger partial charge in [0.25, 0.3) is 0 Å². The number of hydrogen-bond acceptors (Lipinski definition) is 0. The van der Waals surface area contributed by atoms with Gasteiger partial charge in [-0.1, -0.05) is 44.4 Å².